The van der Waals surface area contributed by atoms with E-state index in [1.807, 2.05) is 0 Å². The summed E-state index contributed by atoms with van der Waals surface area (Å²) >= 11 is 30.3. The Morgan fingerprint density at radius 2 is 1.50 bits per heavy atom. The number of nitrogens with zero attached hydrogens (tertiary/aromatic N) is 1. The largest absolute Gasteiger partial charge is 0.350 e. The van der Waals surface area contributed by atoms with Gasteiger partial charge in [-0.25, -0.2) is 4.90 Å². The summed E-state index contributed by atoms with van der Waals surface area (Å²) in [7, 11) is 0. The van der Waals surface area contributed by atoms with E-state index in [0.717, 1.165) is 4.90 Å². The van der Waals surface area contributed by atoms with Crippen LogP contribution in [0.15, 0.2) is 71.4 Å². The van der Waals surface area contributed by atoms with Crippen molar-refractivity contribution in [1.29, 1.82) is 0 Å². The average molecular weight is 556 g/mol. The lowest BCUT2D eigenvalue weighted by molar-refractivity contribution is -0.120. The summed E-state index contributed by atoms with van der Waals surface area (Å²) in [6.07, 6.45) is 0. The molecule has 6 nitrogen and oxygen atoms in total. The summed E-state index contributed by atoms with van der Waals surface area (Å²) in [6.45, 7) is 0. The summed E-state index contributed by atoms with van der Waals surface area (Å²) in [5.41, 5.74) is 1.15. The third kappa shape index (κ3) is 4.73. The van der Waals surface area contributed by atoms with Crippen LogP contribution >= 0.6 is 58.0 Å². The summed E-state index contributed by atoms with van der Waals surface area (Å²) in [5.74, 6) is -1.84. The fraction of sp³-hybridized carbons (Fsp3) is 0. The molecule has 4 rings (SSSR count). The van der Waals surface area contributed by atoms with E-state index in [2.05, 4.69) is 10.6 Å². The molecular formula is C23H12Cl5N3O3. The van der Waals surface area contributed by atoms with Gasteiger partial charge in [-0.15, -0.1) is 0 Å². The minimum Gasteiger partial charge on any atom is -0.350 e. The van der Waals surface area contributed by atoms with E-state index in [9.17, 15) is 14.4 Å². The number of hydrogen-bond donors (Lipinski definition) is 2. The molecule has 0 spiro atoms. The molecule has 0 fully saturated rings. The molecule has 3 aromatic rings. The van der Waals surface area contributed by atoms with Crippen molar-refractivity contribution in [2.24, 2.45) is 0 Å². The van der Waals surface area contributed by atoms with Gasteiger partial charge in [-0.05, 0) is 54.6 Å². The van der Waals surface area contributed by atoms with Crippen molar-refractivity contribution in [3.05, 3.63) is 97.0 Å². The fourth-order valence-electron chi connectivity index (χ4n) is 3.13. The second kappa shape index (κ2) is 9.86. The van der Waals surface area contributed by atoms with Crippen molar-refractivity contribution in [1.82, 2.24) is 0 Å². The first-order valence-electron chi connectivity index (χ1n) is 9.53. The first kappa shape index (κ1) is 24.4. The van der Waals surface area contributed by atoms with E-state index < -0.39 is 17.7 Å². The van der Waals surface area contributed by atoms with Crippen molar-refractivity contribution in [3.63, 3.8) is 0 Å². The van der Waals surface area contributed by atoms with Crippen LogP contribution in [0.25, 0.3) is 0 Å². The van der Waals surface area contributed by atoms with Crippen LogP contribution in [-0.2, 0) is 9.59 Å². The Hall–Kier alpha value is -2.74. The summed E-state index contributed by atoms with van der Waals surface area (Å²) in [4.78, 5) is 39.0. The molecule has 0 bridgehead atoms. The Morgan fingerprint density at radius 1 is 0.794 bits per heavy atom. The van der Waals surface area contributed by atoms with E-state index in [4.69, 9.17) is 58.0 Å². The van der Waals surface area contributed by atoms with Crippen molar-refractivity contribution >= 4 is 92.8 Å². The van der Waals surface area contributed by atoms with Gasteiger partial charge in [-0.3, -0.25) is 14.4 Å². The predicted molar refractivity (Wildman–Crippen MR) is 136 cm³/mol. The second-order valence-electron chi connectivity index (χ2n) is 6.99. The number of hydrogen-bond acceptors (Lipinski definition) is 4. The van der Waals surface area contributed by atoms with Crippen molar-refractivity contribution < 1.29 is 14.4 Å². The fourth-order valence-corrected chi connectivity index (χ4v) is 4.18. The Bertz CT molecular complexity index is 1370. The number of benzene rings is 3. The zero-order valence-corrected chi connectivity index (χ0v) is 20.6. The van der Waals surface area contributed by atoms with Crippen LogP contribution in [0.1, 0.15) is 10.4 Å². The van der Waals surface area contributed by atoms with Crippen molar-refractivity contribution in [2.45, 2.75) is 0 Å². The summed E-state index contributed by atoms with van der Waals surface area (Å²) in [5, 5.41) is 6.20. The topological polar surface area (TPSA) is 78.5 Å². The second-order valence-corrected chi connectivity index (χ2v) is 9.00. The van der Waals surface area contributed by atoms with E-state index in [1.165, 1.54) is 30.3 Å². The number of anilines is 3. The van der Waals surface area contributed by atoms with Crippen molar-refractivity contribution in [3.8, 4) is 0 Å². The molecule has 3 aromatic carbocycles. The van der Waals surface area contributed by atoms with Gasteiger partial charge in [-0.2, -0.15) is 0 Å². The van der Waals surface area contributed by atoms with Gasteiger partial charge >= 0.3 is 0 Å². The zero-order chi connectivity index (χ0) is 24.6. The van der Waals surface area contributed by atoms with Gasteiger partial charge in [0.1, 0.15) is 10.7 Å². The highest BCUT2D eigenvalue weighted by molar-refractivity contribution is 6.54. The third-order valence-electron chi connectivity index (χ3n) is 4.80. The molecule has 3 amide bonds. The molecular weight excluding hydrogens is 544 g/mol. The Morgan fingerprint density at radius 3 is 2.18 bits per heavy atom. The quantitative estimate of drug-likeness (QED) is 0.333. The lowest BCUT2D eigenvalue weighted by atomic mass is 10.2. The van der Waals surface area contributed by atoms with E-state index in [-0.39, 0.29) is 26.5 Å². The number of amides is 3. The van der Waals surface area contributed by atoms with Crippen LogP contribution in [0.3, 0.4) is 0 Å². The third-order valence-corrected chi connectivity index (χ3v) is 6.50. The molecule has 0 aliphatic carbocycles. The highest BCUT2D eigenvalue weighted by Crippen LogP contribution is 2.37. The average Bonchev–Trinajstić information content (AvgIpc) is 3.01. The Balaban J connectivity index is 1.50. The van der Waals surface area contributed by atoms with E-state index in [0.29, 0.717) is 27.0 Å². The normalized spacial score (nSPS) is 13.5. The molecule has 0 saturated heterocycles. The lowest BCUT2D eigenvalue weighted by Crippen LogP contribution is -2.32. The van der Waals surface area contributed by atoms with Gasteiger partial charge in [0.25, 0.3) is 17.7 Å². The monoisotopic (exact) mass is 553 g/mol. The minimum atomic E-state index is -0.742. The maximum absolute atomic E-state index is 12.9. The molecule has 1 aliphatic rings. The molecule has 34 heavy (non-hydrogen) atoms. The molecule has 11 heteroatoms. The number of rotatable bonds is 5. The Kier molecular flexibility index (Phi) is 7.07. The number of halogens is 5. The van der Waals surface area contributed by atoms with Crippen LogP contribution in [0.4, 0.5) is 17.1 Å². The smallest absolute Gasteiger partial charge is 0.283 e. The standard InChI is InChI=1S/C23H12Cl5N3O3/c24-12-6-9-16(15(26)10-12)30-21(32)11-4-7-13(8-5-11)29-20-19(28)22(33)31(23(20)34)17-3-1-2-14(25)18(17)27/h1-10,29H,(H,30,32). The van der Waals surface area contributed by atoms with Gasteiger partial charge in [0.05, 0.1) is 26.4 Å². The molecule has 0 atom stereocenters. The molecule has 1 heterocycles. The van der Waals surface area contributed by atoms with Crippen molar-refractivity contribution in [2.75, 3.05) is 15.5 Å². The van der Waals surface area contributed by atoms with Crippen LogP contribution < -0.4 is 15.5 Å². The van der Waals surface area contributed by atoms with Crippen LogP contribution in [0.5, 0.6) is 0 Å². The highest BCUT2D eigenvalue weighted by Gasteiger charge is 2.40. The summed E-state index contributed by atoms with van der Waals surface area (Å²) < 4.78 is 0. The van der Waals surface area contributed by atoms with Crippen LogP contribution in [0.2, 0.25) is 20.1 Å². The minimum absolute atomic E-state index is 0.0488. The molecule has 0 aromatic heterocycles. The maximum Gasteiger partial charge on any atom is 0.283 e. The van der Waals surface area contributed by atoms with Crippen LogP contribution in [-0.4, -0.2) is 17.7 Å². The van der Waals surface area contributed by atoms with E-state index >= 15 is 0 Å². The first-order valence-corrected chi connectivity index (χ1v) is 11.4. The summed E-state index contributed by atoms with van der Waals surface area (Å²) in [6, 6.07) is 15.5. The highest BCUT2D eigenvalue weighted by atomic mass is 35.5. The van der Waals surface area contributed by atoms with E-state index in [1.54, 1.807) is 30.3 Å². The number of carbonyl (C=O) groups excluding carboxylic acids is 3. The Labute approximate surface area is 219 Å². The van der Waals surface area contributed by atoms with Gasteiger partial charge < -0.3 is 10.6 Å². The maximum atomic E-state index is 12.9. The van der Waals surface area contributed by atoms with Gasteiger partial charge in [0.2, 0.25) is 0 Å². The van der Waals surface area contributed by atoms with Crippen LogP contribution in [0, 0.1) is 0 Å². The lowest BCUT2D eigenvalue weighted by Gasteiger charge is -2.17. The SMILES string of the molecule is O=C(Nc1ccc(Cl)cc1Cl)c1ccc(NC2=C(Cl)C(=O)N(c3cccc(Cl)c3Cl)C2=O)cc1. The number of carbonyl (C=O) groups is 3. The molecule has 1 aliphatic heterocycles. The van der Waals surface area contributed by atoms with Gasteiger partial charge in [0.15, 0.2) is 0 Å². The molecule has 0 radical (unpaired) electrons. The molecule has 2 N–H and O–H groups in total. The molecule has 0 unspecified atom stereocenters. The number of imide groups is 1. The zero-order valence-electron chi connectivity index (χ0n) is 16.8. The first-order chi connectivity index (χ1) is 16.2. The molecule has 0 saturated carbocycles. The number of nitrogens with one attached hydrogen (secondary N) is 2. The predicted octanol–water partition coefficient (Wildman–Crippen LogP) is 6.99. The molecule has 172 valence electrons. The van der Waals surface area contributed by atoms with Gasteiger partial charge in [0, 0.05) is 16.3 Å². The van der Waals surface area contributed by atoms with Gasteiger partial charge in [-0.1, -0.05) is 64.1 Å².